The van der Waals surface area contributed by atoms with Crippen molar-refractivity contribution in [1.29, 1.82) is 0 Å². The summed E-state index contributed by atoms with van der Waals surface area (Å²) in [6.45, 7) is 0. The van der Waals surface area contributed by atoms with Crippen LogP contribution in [0.2, 0.25) is 0 Å². The van der Waals surface area contributed by atoms with E-state index >= 15 is 0 Å². The quantitative estimate of drug-likeness (QED) is 0.304. The lowest BCUT2D eigenvalue weighted by atomic mass is 9.43. The SMILES string of the molecule is O=[N+]([O-])C1([N+](=O)[O-])[C@H]2C[C@H]3C[C@@H]1C([N+](=O)[O-])([N+](=O)[O-])[C@@H](C2)C3([N+](=O)[O-])[N+](=O)[O-]. The first-order chi connectivity index (χ1) is 12.8. The third-order valence-electron chi connectivity index (χ3n) is 6.62. The van der Waals surface area contributed by atoms with Gasteiger partial charge in [0.15, 0.2) is 0 Å². The summed E-state index contributed by atoms with van der Waals surface area (Å²) in [4.78, 5) is 61.1. The Kier molecular flexibility index (Phi) is 3.58. The summed E-state index contributed by atoms with van der Waals surface area (Å²) in [5.74, 6) is -8.31. The zero-order valence-electron chi connectivity index (χ0n) is 13.5. The van der Waals surface area contributed by atoms with Crippen LogP contribution in [0.1, 0.15) is 19.3 Å². The summed E-state index contributed by atoms with van der Waals surface area (Å²) in [5, 5.41) is 70.2. The fourth-order valence-electron chi connectivity index (χ4n) is 5.74. The van der Waals surface area contributed by atoms with Crippen LogP contribution in [-0.4, -0.2) is 46.5 Å². The van der Waals surface area contributed by atoms with Crippen LogP contribution in [0.5, 0.6) is 0 Å². The first kappa shape index (κ1) is 19.2. The molecule has 0 saturated heterocycles. The molecule has 4 rings (SSSR count). The van der Waals surface area contributed by atoms with Crippen molar-refractivity contribution in [2.24, 2.45) is 23.7 Å². The van der Waals surface area contributed by atoms with Crippen LogP contribution in [0.25, 0.3) is 0 Å². The van der Waals surface area contributed by atoms with E-state index < -0.39 is 89.5 Å². The molecular weight excluding hydrogens is 396 g/mol. The van der Waals surface area contributed by atoms with Gasteiger partial charge in [-0.1, -0.05) is 0 Å². The molecule has 152 valence electrons. The Balaban J connectivity index is 2.43. The third kappa shape index (κ3) is 1.59. The molecule has 4 fully saturated rings. The molecule has 0 aliphatic heterocycles. The minimum absolute atomic E-state index is 0.692. The normalized spacial score (nSPS) is 33.0. The van der Waals surface area contributed by atoms with Crippen LogP contribution in [0.3, 0.4) is 0 Å². The van der Waals surface area contributed by atoms with Gasteiger partial charge in [-0.25, -0.2) is 0 Å². The number of hydrogen-bond donors (Lipinski definition) is 0. The van der Waals surface area contributed by atoms with E-state index in [-0.39, 0.29) is 0 Å². The molecule has 18 nitrogen and oxygen atoms in total. The standard InChI is InChI=1S/C10H10N6O12/c17-11(18)8(12(19)20)4-1-5-3-7(8)10(15(25)26,16(27)28)6(2-4)9(5,13(21)22)14(23)24/h4-7H,1-3H2/t4-,5-,6-,7-/m0/s1. The lowest BCUT2D eigenvalue weighted by molar-refractivity contribution is -0.923. The highest BCUT2D eigenvalue weighted by Crippen LogP contribution is 2.68. The van der Waals surface area contributed by atoms with Gasteiger partial charge in [-0.15, -0.1) is 0 Å². The Bertz CT molecular complexity index is 760. The van der Waals surface area contributed by atoms with Gasteiger partial charge in [0.2, 0.25) is 11.8 Å². The van der Waals surface area contributed by atoms with Gasteiger partial charge in [-0.3, -0.25) is 60.7 Å². The Labute approximate surface area is 151 Å². The van der Waals surface area contributed by atoms with Crippen LogP contribution in [0, 0.1) is 84.4 Å². The van der Waals surface area contributed by atoms with Gasteiger partial charge in [0.25, 0.3) is 0 Å². The molecule has 0 radical (unpaired) electrons. The lowest BCUT2D eigenvalue weighted by Crippen LogP contribution is -2.85. The van der Waals surface area contributed by atoms with Crippen molar-refractivity contribution in [3.8, 4) is 0 Å². The van der Waals surface area contributed by atoms with E-state index in [1.807, 2.05) is 0 Å². The molecular formula is C10H10N6O12. The van der Waals surface area contributed by atoms with Crippen molar-refractivity contribution < 1.29 is 29.5 Å². The van der Waals surface area contributed by atoms with Crippen LogP contribution >= 0.6 is 0 Å². The van der Waals surface area contributed by atoms with Crippen molar-refractivity contribution >= 4 is 0 Å². The van der Waals surface area contributed by atoms with E-state index in [4.69, 9.17) is 0 Å². The van der Waals surface area contributed by atoms with E-state index in [1.54, 1.807) is 0 Å². The van der Waals surface area contributed by atoms with Gasteiger partial charge in [-0.2, -0.15) is 0 Å². The van der Waals surface area contributed by atoms with Gasteiger partial charge in [0, 0.05) is 0 Å². The average Bonchev–Trinajstić information content (AvgIpc) is 2.52. The molecule has 28 heavy (non-hydrogen) atoms. The predicted molar refractivity (Wildman–Crippen MR) is 78.0 cm³/mol. The lowest BCUT2D eigenvalue weighted by Gasteiger charge is -2.52. The molecule has 0 N–H and O–H groups in total. The summed E-state index contributed by atoms with van der Waals surface area (Å²) in [7, 11) is 0. The average molecular weight is 406 g/mol. The van der Waals surface area contributed by atoms with Crippen LogP contribution in [-0.2, 0) is 0 Å². The highest BCUT2D eigenvalue weighted by molar-refractivity contribution is 5.16. The minimum Gasteiger partial charge on any atom is -0.258 e. The summed E-state index contributed by atoms with van der Waals surface area (Å²) in [5.41, 5.74) is -10.5. The summed E-state index contributed by atoms with van der Waals surface area (Å²) < 4.78 is 0. The van der Waals surface area contributed by atoms with Gasteiger partial charge < -0.3 is 0 Å². The molecule has 4 aliphatic carbocycles. The zero-order valence-corrected chi connectivity index (χ0v) is 13.5. The molecule has 0 spiro atoms. The molecule has 0 unspecified atom stereocenters. The molecule has 0 aromatic heterocycles. The van der Waals surface area contributed by atoms with Crippen molar-refractivity contribution in [1.82, 2.24) is 0 Å². The van der Waals surface area contributed by atoms with Crippen molar-refractivity contribution in [2.45, 2.75) is 36.3 Å². The minimum atomic E-state index is -3.83. The van der Waals surface area contributed by atoms with Crippen LogP contribution < -0.4 is 0 Å². The van der Waals surface area contributed by atoms with Crippen molar-refractivity contribution in [3.63, 3.8) is 0 Å². The molecule has 4 bridgehead atoms. The smallest absolute Gasteiger partial charge is 0.258 e. The van der Waals surface area contributed by atoms with Gasteiger partial charge in [-0.05, 0) is 19.3 Å². The Morgan fingerprint density at radius 3 is 0.929 bits per heavy atom. The fraction of sp³-hybridized carbons (Fsp3) is 1.00. The van der Waals surface area contributed by atoms with Gasteiger partial charge in [0.1, 0.15) is 21.7 Å². The monoisotopic (exact) mass is 406 g/mol. The van der Waals surface area contributed by atoms with Crippen molar-refractivity contribution in [2.75, 3.05) is 0 Å². The van der Waals surface area contributed by atoms with E-state index in [9.17, 15) is 60.7 Å². The fourth-order valence-corrected chi connectivity index (χ4v) is 5.74. The molecule has 18 heteroatoms. The largest absolute Gasteiger partial charge is 0.492 e. The van der Waals surface area contributed by atoms with Crippen molar-refractivity contribution in [3.05, 3.63) is 60.7 Å². The van der Waals surface area contributed by atoms with E-state index in [1.165, 1.54) is 0 Å². The maximum atomic E-state index is 11.8. The Morgan fingerprint density at radius 2 is 0.714 bits per heavy atom. The number of nitro groups is 6. The van der Waals surface area contributed by atoms with E-state index in [0.717, 1.165) is 0 Å². The summed E-state index contributed by atoms with van der Waals surface area (Å²) in [6, 6.07) is 0. The van der Waals surface area contributed by atoms with Gasteiger partial charge >= 0.3 is 17.0 Å². The van der Waals surface area contributed by atoms with E-state index in [0.29, 0.717) is 0 Å². The van der Waals surface area contributed by atoms with Gasteiger partial charge in [0.05, 0.1) is 19.7 Å². The molecule has 4 atom stereocenters. The highest BCUT2D eigenvalue weighted by Gasteiger charge is 3.01. The first-order valence-electron chi connectivity index (χ1n) is 7.71. The highest BCUT2D eigenvalue weighted by atomic mass is 16.7. The third-order valence-corrected chi connectivity index (χ3v) is 6.62. The second-order valence-corrected chi connectivity index (χ2v) is 7.10. The predicted octanol–water partition coefficient (Wildman–Crippen LogP) is -0.589. The van der Waals surface area contributed by atoms with Crippen LogP contribution in [0.15, 0.2) is 0 Å². The molecule has 4 saturated carbocycles. The first-order valence-corrected chi connectivity index (χ1v) is 7.71. The number of nitrogens with zero attached hydrogens (tertiary/aromatic N) is 6. The molecule has 0 aromatic rings. The van der Waals surface area contributed by atoms with Crippen LogP contribution in [0.4, 0.5) is 0 Å². The van der Waals surface area contributed by atoms with E-state index in [2.05, 4.69) is 0 Å². The second-order valence-electron chi connectivity index (χ2n) is 7.10. The zero-order chi connectivity index (χ0) is 21.4. The maximum Gasteiger partial charge on any atom is 0.492 e. The summed E-state index contributed by atoms with van der Waals surface area (Å²) >= 11 is 0. The second kappa shape index (κ2) is 5.23. The molecule has 0 aromatic carbocycles. The maximum absolute atomic E-state index is 11.8. The molecule has 4 aliphatic rings. The molecule has 0 amide bonds. The topological polar surface area (TPSA) is 259 Å². The molecule has 0 heterocycles. The Hall–Kier alpha value is -3.60. The summed E-state index contributed by atoms with van der Waals surface area (Å²) in [6.07, 6.45) is -2.97. The Morgan fingerprint density at radius 1 is 0.464 bits per heavy atom. The number of hydrogen-bond acceptors (Lipinski definition) is 12. The number of rotatable bonds is 6.